The van der Waals surface area contributed by atoms with Gasteiger partial charge in [0.2, 0.25) is 0 Å². The zero-order chi connectivity index (χ0) is 19.1. The smallest absolute Gasteiger partial charge is 0 e. The molecule has 130 valence electrons. The predicted octanol–water partition coefficient (Wildman–Crippen LogP) is 4.61. The van der Waals surface area contributed by atoms with Crippen LogP contribution in [0.2, 0.25) is 19.6 Å². The molecule has 4 nitrogen and oxygen atoms in total. The van der Waals surface area contributed by atoms with E-state index < -0.39 is 8.07 Å². The van der Waals surface area contributed by atoms with Gasteiger partial charge < -0.3 is 0 Å². The van der Waals surface area contributed by atoms with Crippen molar-refractivity contribution < 1.29 is 31.3 Å². The van der Waals surface area contributed by atoms with Crippen molar-refractivity contribution >= 4 is 14.3 Å². The van der Waals surface area contributed by atoms with Gasteiger partial charge in [-0.25, -0.2) is 0 Å². The zero-order valence-corrected chi connectivity index (χ0v) is 17.4. The molecule has 0 aliphatic carbocycles. The van der Waals surface area contributed by atoms with Crippen molar-refractivity contribution in [1.82, 2.24) is 0 Å². The van der Waals surface area contributed by atoms with E-state index in [2.05, 4.69) is 96.9 Å². The molecular formula is C18H25CrNO3Si. The van der Waals surface area contributed by atoms with Crippen LogP contribution in [0, 0.1) is 25.4 Å². The summed E-state index contributed by atoms with van der Waals surface area (Å²) in [6.07, 6.45) is 2.11. The van der Waals surface area contributed by atoms with E-state index in [0.717, 1.165) is 0 Å². The van der Waals surface area contributed by atoms with E-state index in [1.807, 2.05) is 0 Å². The maximum atomic E-state index is 7.50. The normalized spacial score (nSPS) is 11.0. The fourth-order valence-corrected chi connectivity index (χ4v) is 3.46. The topological polar surface area (TPSA) is 72.1 Å². The largest absolute Gasteiger partial charge is 0 e. The van der Waals surface area contributed by atoms with Crippen LogP contribution >= 0.6 is 0 Å². The first-order chi connectivity index (χ1) is 10.7. The van der Waals surface area contributed by atoms with Crippen molar-refractivity contribution in [2.75, 3.05) is 0 Å². The SMILES string of the molecule is CC(C)(C)/C=N/[C@@H](c1ccccc1)[Si](C)(C)C.[C-]#[O+].[C-]#[O+].[C-]#[O+].[Cr]. The van der Waals surface area contributed by atoms with Gasteiger partial charge in [0.15, 0.2) is 0 Å². The molecule has 0 heterocycles. The van der Waals surface area contributed by atoms with Crippen LogP contribution in [0.15, 0.2) is 35.3 Å². The van der Waals surface area contributed by atoms with Crippen LogP contribution < -0.4 is 0 Å². The van der Waals surface area contributed by atoms with Gasteiger partial charge >= 0.3 is 33.9 Å². The zero-order valence-electron chi connectivity index (χ0n) is 15.1. The summed E-state index contributed by atoms with van der Waals surface area (Å²) in [4.78, 5) is 4.87. The van der Waals surface area contributed by atoms with Gasteiger partial charge in [-0.3, -0.25) is 4.99 Å². The Labute approximate surface area is 158 Å². The second kappa shape index (κ2) is 16.7. The molecule has 0 spiro atoms. The first-order valence-corrected chi connectivity index (χ1v) is 10.5. The molecule has 1 atom stereocenters. The molecule has 1 aromatic rings. The Morgan fingerprint density at radius 2 is 1.29 bits per heavy atom. The standard InChI is InChI=1S/C15H25NSi.3CO.Cr/c1-15(2,3)12-16-14(17(4,5)6)13-10-8-7-9-11-13;3*1-2;/h7-12,14H,1-6H3;;;;/b16-12+;;;;/t14-;;;;/m1..../s1. The molecule has 0 radical (unpaired) electrons. The minimum absolute atomic E-state index is 0. The Bertz CT molecular complexity index is 483. The Morgan fingerprint density at radius 1 is 0.917 bits per heavy atom. The summed E-state index contributed by atoms with van der Waals surface area (Å²) in [5, 5.41) is 0. The van der Waals surface area contributed by atoms with Crippen LogP contribution in [0.3, 0.4) is 0 Å². The summed E-state index contributed by atoms with van der Waals surface area (Å²) < 4.78 is 22.5. The third-order valence-electron chi connectivity index (χ3n) is 2.55. The third-order valence-corrected chi connectivity index (χ3v) is 4.67. The van der Waals surface area contributed by atoms with Gasteiger partial charge in [0.1, 0.15) is 0 Å². The molecule has 1 aromatic carbocycles. The average Bonchev–Trinajstić information content (AvgIpc) is 2.52. The van der Waals surface area contributed by atoms with Crippen molar-refractivity contribution in [2.45, 2.75) is 46.1 Å². The molecule has 1 rings (SSSR count). The number of aliphatic imine (C=N–C) groups is 1. The molecule has 6 heteroatoms. The Morgan fingerprint density at radius 3 is 1.58 bits per heavy atom. The number of hydrogen-bond acceptors (Lipinski definition) is 1. The summed E-state index contributed by atoms with van der Waals surface area (Å²) in [5.74, 6) is 0. The summed E-state index contributed by atoms with van der Waals surface area (Å²) in [7, 11) is -1.33. The van der Waals surface area contributed by atoms with Gasteiger partial charge in [0.25, 0.3) is 0 Å². The second-order valence-corrected chi connectivity index (χ2v) is 12.1. The fraction of sp³-hybridized carbons (Fsp3) is 0.444. The molecule has 0 aromatic heterocycles. The van der Waals surface area contributed by atoms with Gasteiger partial charge in [-0.05, 0) is 11.0 Å². The first kappa shape index (κ1) is 30.7. The van der Waals surface area contributed by atoms with Gasteiger partial charge in [-0.2, -0.15) is 0 Å². The summed E-state index contributed by atoms with van der Waals surface area (Å²) in [5.41, 5.74) is 1.88. The fourth-order valence-electron chi connectivity index (χ4n) is 1.74. The molecule has 0 bridgehead atoms. The predicted molar refractivity (Wildman–Crippen MR) is 92.3 cm³/mol. The van der Waals surface area contributed by atoms with Crippen LogP contribution in [0.4, 0.5) is 0 Å². The Hall–Kier alpha value is -1.14. The van der Waals surface area contributed by atoms with E-state index in [1.54, 1.807) is 0 Å². The summed E-state index contributed by atoms with van der Waals surface area (Å²) >= 11 is 0. The molecule has 0 N–H and O–H groups in total. The van der Waals surface area contributed by atoms with E-state index in [4.69, 9.17) is 18.9 Å². The van der Waals surface area contributed by atoms with Crippen LogP contribution in [-0.2, 0) is 31.3 Å². The summed E-state index contributed by atoms with van der Waals surface area (Å²) in [6.45, 7) is 27.2. The van der Waals surface area contributed by atoms with E-state index >= 15 is 0 Å². The maximum absolute atomic E-state index is 7.50. The molecule has 0 aliphatic heterocycles. The minimum atomic E-state index is -1.33. The maximum Gasteiger partial charge on any atom is 0 e. The molecule has 0 aliphatic rings. The molecule has 24 heavy (non-hydrogen) atoms. The quantitative estimate of drug-likeness (QED) is 0.317. The molecule has 0 unspecified atom stereocenters. The minimum Gasteiger partial charge on any atom is 0 e. The van der Waals surface area contributed by atoms with Gasteiger partial charge in [-0.1, -0.05) is 70.7 Å². The van der Waals surface area contributed by atoms with Gasteiger partial charge in [0.05, 0.1) is 13.7 Å². The van der Waals surface area contributed by atoms with Crippen molar-refractivity contribution in [3.8, 4) is 0 Å². The number of benzene rings is 1. The van der Waals surface area contributed by atoms with Crippen molar-refractivity contribution in [1.29, 1.82) is 0 Å². The van der Waals surface area contributed by atoms with Crippen LogP contribution in [0.5, 0.6) is 0 Å². The van der Waals surface area contributed by atoms with Crippen LogP contribution in [-0.4, -0.2) is 14.3 Å². The second-order valence-electron chi connectivity index (χ2n) is 6.82. The average molecular weight is 383 g/mol. The Kier molecular flexibility index (Phi) is 21.4. The number of nitrogens with zero attached hydrogens (tertiary/aromatic N) is 1. The molecular weight excluding hydrogens is 358 g/mol. The van der Waals surface area contributed by atoms with Gasteiger partial charge in [0, 0.05) is 23.6 Å². The van der Waals surface area contributed by atoms with Gasteiger partial charge in [-0.15, -0.1) is 0 Å². The molecule has 0 fully saturated rings. The van der Waals surface area contributed by atoms with Crippen molar-refractivity contribution in [3.05, 3.63) is 55.8 Å². The molecule has 0 amide bonds. The molecule has 0 saturated heterocycles. The monoisotopic (exact) mass is 383 g/mol. The Balaban J connectivity index is -0.000000256. The number of hydrogen-bond donors (Lipinski definition) is 0. The number of rotatable bonds is 3. The van der Waals surface area contributed by atoms with Crippen molar-refractivity contribution in [3.63, 3.8) is 0 Å². The van der Waals surface area contributed by atoms with E-state index in [1.165, 1.54) is 5.56 Å². The van der Waals surface area contributed by atoms with Crippen molar-refractivity contribution in [2.24, 2.45) is 10.4 Å². The van der Waals surface area contributed by atoms with E-state index in [0.29, 0.717) is 5.67 Å². The van der Waals surface area contributed by atoms with Crippen LogP contribution in [0.1, 0.15) is 32.0 Å². The molecule has 0 saturated carbocycles. The van der Waals surface area contributed by atoms with E-state index in [-0.39, 0.29) is 22.8 Å². The first-order valence-electron chi connectivity index (χ1n) is 6.91. The summed E-state index contributed by atoms with van der Waals surface area (Å²) in [6, 6.07) is 10.7. The van der Waals surface area contributed by atoms with Crippen LogP contribution in [0.25, 0.3) is 0 Å². The third kappa shape index (κ3) is 15.7. The van der Waals surface area contributed by atoms with E-state index in [9.17, 15) is 0 Å².